The predicted octanol–water partition coefficient (Wildman–Crippen LogP) is 5.26. The van der Waals surface area contributed by atoms with Gasteiger partial charge in [-0.25, -0.2) is 5.56 Å². The Labute approximate surface area is 149 Å². The molecule has 0 aromatic heterocycles. The maximum atomic E-state index is 3.50. The normalized spacial score (nSPS) is 10.5. The molecule has 0 N–H and O–H groups in total. The second kappa shape index (κ2) is 6.09. The fraction of sp³-hybridized carbons (Fsp3) is 0. The number of benzene rings is 4. The zero-order valence-corrected chi connectivity index (χ0v) is 14.3. The Hall–Kier alpha value is -1.50. The van der Waals surface area contributed by atoms with Gasteiger partial charge in [0.05, 0.1) is 0 Å². The minimum Gasteiger partial charge on any atom is -0.202 e. The molecule has 0 amide bonds. The maximum Gasteiger partial charge on any atom is 0 e. The zero-order chi connectivity index (χ0) is 13.4. The van der Waals surface area contributed by atoms with Gasteiger partial charge in [0.2, 0.25) is 0 Å². The summed E-state index contributed by atoms with van der Waals surface area (Å²) in [4.78, 5) is 0. The molecule has 0 aliphatic rings. The summed E-state index contributed by atoms with van der Waals surface area (Å²) in [5.41, 5.74) is 2.22. The third-order valence-electron chi connectivity index (χ3n) is 3.65. The first-order valence-corrected chi connectivity index (χ1v) is 6.73. The molecule has 0 bridgehead atoms. The van der Waals surface area contributed by atoms with Gasteiger partial charge in [0.15, 0.2) is 0 Å². The van der Waals surface area contributed by atoms with Crippen molar-refractivity contribution in [2.75, 3.05) is 0 Å². The Morgan fingerprint density at radius 3 is 2.33 bits per heavy atom. The molecule has 4 aromatic carbocycles. The Morgan fingerprint density at radius 2 is 1.43 bits per heavy atom. The van der Waals surface area contributed by atoms with Crippen molar-refractivity contribution in [3.05, 3.63) is 84.9 Å². The average molecular weight is 341 g/mol. The van der Waals surface area contributed by atoms with Gasteiger partial charge in [0.25, 0.3) is 0 Å². The van der Waals surface area contributed by atoms with Crippen LogP contribution >= 0.6 is 0 Å². The quantitative estimate of drug-likeness (QED) is 0.415. The molecule has 0 atom stereocenters. The molecule has 97 valence electrons. The van der Waals surface area contributed by atoms with Crippen molar-refractivity contribution < 1.29 is 32.7 Å². The summed E-state index contributed by atoms with van der Waals surface area (Å²) in [7, 11) is 0. The van der Waals surface area contributed by atoms with Gasteiger partial charge in [-0.2, -0.15) is 29.8 Å². The summed E-state index contributed by atoms with van der Waals surface area (Å²) < 4.78 is 0. The van der Waals surface area contributed by atoms with Gasteiger partial charge in [0.1, 0.15) is 0 Å². The Morgan fingerprint density at radius 1 is 0.667 bits per heavy atom. The van der Waals surface area contributed by atoms with Crippen LogP contribution in [0.5, 0.6) is 0 Å². The molecule has 1 radical (unpaired) electrons. The Balaban J connectivity index is 0.00000132. The molecule has 0 spiro atoms. The zero-order valence-electron chi connectivity index (χ0n) is 11.5. The molecule has 0 aliphatic heterocycles. The van der Waals surface area contributed by atoms with Gasteiger partial charge >= 0.3 is 0 Å². The molecule has 0 saturated carbocycles. The van der Waals surface area contributed by atoms with E-state index < -0.39 is 0 Å². The van der Waals surface area contributed by atoms with Crippen LogP contribution in [0.2, 0.25) is 0 Å². The second-order valence-corrected chi connectivity index (χ2v) is 4.90. The van der Waals surface area contributed by atoms with Crippen LogP contribution in [0.4, 0.5) is 0 Å². The fourth-order valence-corrected chi connectivity index (χ4v) is 2.65. The van der Waals surface area contributed by atoms with Gasteiger partial charge in [-0.3, -0.25) is 0 Å². The van der Waals surface area contributed by atoms with Gasteiger partial charge in [-0.15, -0.1) is 40.4 Å². The van der Waals surface area contributed by atoms with Crippen LogP contribution in [0.25, 0.3) is 32.7 Å². The van der Waals surface area contributed by atoms with E-state index in [-0.39, 0.29) is 32.7 Å². The summed E-state index contributed by atoms with van der Waals surface area (Å²) in [5, 5.41) is 4.83. The first-order valence-electron chi connectivity index (χ1n) is 6.73. The van der Waals surface area contributed by atoms with Crippen molar-refractivity contribution in [2.24, 2.45) is 0 Å². The summed E-state index contributed by atoms with van der Waals surface area (Å²) in [6.07, 6.45) is 0. The van der Waals surface area contributed by atoms with E-state index in [2.05, 4.69) is 78.9 Å². The molecule has 21 heavy (non-hydrogen) atoms. The standard InChI is InChI=1S/C20H12.Y/c1-2-8-17-14-18(13-12-15(17)6-1)20-11-5-9-16-7-3-4-10-19(16)20;/h1-10,12-13H;/q-2;. The van der Waals surface area contributed by atoms with Crippen LogP contribution in [0.1, 0.15) is 0 Å². The van der Waals surface area contributed by atoms with Crippen molar-refractivity contribution in [3.8, 4) is 11.1 Å². The minimum absolute atomic E-state index is 0. The van der Waals surface area contributed by atoms with Crippen LogP contribution < -0.4 is 0 Å². The van der Waals surface area contributed by atoms with E-state index in [1.807, 2.05) is 6.07 Å². The van der Waals surface area contributed by atoms with E-state index in [4.69, 9.17) is 0 Å². The summed E-state index contributed by atoms with van der Waals surface area (Å²) in [5.74, 6) is 0. The first-order chi connectivity index (χ1) is 9.92. The third-order valence-corrected chi connectivity index (χ3v) is 3.65. The molecule has 0 nitrogen and oxygen atoms in total. The maximum absolute atomic E-state index is 3.50. The van der Waals surface area contributed by atoms with Crippen molar-refractivity contribution in [1.29, 1.82) is 0 Å². The van der Waals surface area contributed by atoms with Crippen LogP contribution in [-0.2, 0) is 32.7 Å². The Bertz CT molecular complexity index is 904. The SMILES string of the molecule is [Y].[c-]1ccc2ccccc2c1-c1[c-]c2ccccc2cc1. The average Bonchev–Trinajstić information content (AvgIpc) is 2.54. The van der Waals surface area contributed by atoms with E-state index >= 15 is 0 Å². The first kappa shape index (κ1) is 14.4. The van der Waals surface area contributed by atoms with E-state index in [1.165, 1.54) is 16.2 Å². The van der Waals surface area contributed by atoms with E-state index in [1.54, 1.807) is 0 Å². The monoisotopic (exact) mass is 341 g/mol. The van der Waals surface area contributed by atoms with E-state index in [0.717, 1.165) is 16.5 Å². The van der Waals surface area contributed by atoms with Crippen molar-refractivity contribution >= 4 is 21.5 Å². The molecule has 0 aliphatic carbocycles. The van der Waals surface area contributed by atoms with Crippen LogP contribution in [-0.4, -0.2) is 0 Å². The molecule has 0 fully saturated rings. The third kappa shape index (κ3) is 2.66. The second-order valence-electron chi connectivity index (χ2n) is 4.90. The number of hydrogen-bond donors (Lipinski definition) is 0. The molecule has 0 unspecified atom stereocenters. The van der Waals surface area contributed by atoms with Gasteiger partial charge < -0.3 is 0 Å². The largest absolute Gasteiger partial charge is 0.202 e. The summed E-state index contributed by atoms with van der Waals surface area (Å²) in [6.45, 7) is 0. The molecule has 4 rings (SSSR count). The molecule has 0 heterocycles. The van der Waals surface area contributed by atoms with Crippen LogP contribution in [0, 0.1) is 12.1 Å². The molecule has 4 aromatic rings. The van der Waals surface area contributed by atoms with Gasteiger partial charge in [-0.05, 0) is 0 Å². The molecular weight excluding hydrogens is 329 g/mol. The fourth-order valence-electron chi connectivity index (χ4n) is 2.65. The number of fused-ring (bicyclic) bond motifs is 2. The number of hydrogen-bond acceptors (Lipinski definition) is 0. The van der Waals surface area contributed by atoms with Crippen LogP contribution in [0.3, 0.4) is 0 Å². The topological polar surface area (TPSA) is 0 Å². The predicted molar refractivity (Wildman–Crippen MR) is 84.6 cm³/mol. The number of rotatable bonds is 1. The molecule has 1 heteroatoms. The van der Waals surface area contributed by atoms with Crippen molar-refractivity contribution in [1.82, 2.24) is 0 Å². The van der Waals surface area contributed by atoms with Gasteiger partial charge in [0, 0.05) is 32.7 Å². The van der Waals surface area contributed by atoms with Gasteiger partial charge in [-0.1, -0.05) is 41.8 Å². The van der Waals surface area contributed by atoms with Crippen LogP contribution in [0.15, 0.2) is 72.8 Å². The van der Waals surface area contributed by atoms with E-state index in [0.29, 0.717) is 0 Å². The molecule has 0 saturated heterocycles. The summed E-state index contributed by atoms with van der Waals surface area (Å²) >= 11 is 0. The Kier molecular flexibility index (Phi) is 4.19. The summed E-state index contributed by atoms with van der Waals surface area (Å²) in [6, 6.07) is 32.0. The molecular formula is C20H12Y-2. The van der Waals surface area contributed by atoms with E-state index in [9.17, 15) is 0 Å². The van der Waals surface area contributed by atoms with Crippen molar-refractivity contribution in [2.45, 2.75) is 0 Å². The minimum atomic E-state index is 0. The smallest absolute Gasteiger partial charge is 0 e. The van der Waals surface area contributed by atoms with Crippen molar-refractivity contribution in [3.63, 3.8) is 0 Å².